The van der Waals surface area contributed by atoms with Gasteiger partial charge in [-0.1, -0.05) is 13.8 Å². The highest BCUT2D eigenvalue weighted by Gasteiger charge is 2.26. The number of anilines is 1. The molecule has 2 amide bonds. The number of amides is 2. The molecule has 1 aliphatic rings. The monoisotopic (exact) mass is 517 g/mol. The molecule has 0 radical (unpaired) electrons. The van der Waals surface area contributed by atoms with Crippen LogP contribution in [0.2, 0.25) is 0 Å². The van der Waals surface area contributed by atoms with Crippen molar-refractivity contribution in [1.29, 1.82) is 0 Å². The van der Waals surface area contributed by atoms with E-state index in [0.29, 0.717) is 24.2 Å². The van der Waals surface area contributed by atoms with E-state index < -0.39 is 11.7 Å². The van der Waals surface area contributed by atoms with Crippen molar-refractivity contribution < 1.29 is 14.0 Å². The predicted octanol–water partition coefficient (Wildman–Crippen LogP) is 4.21. The van der Waals surface area contributed by atoms with E-state index in [1.807, 2.05) is 19.3 Å². The van der Waals surface area contributed by atoms with E-state index in [9.17, 15) is 14.0 Å². The Bertz CT molecular complexity index is 1480. The summed E-state index contributed by atoms with van der Waals surface area (Å²) in [4.78, 5) is 35.6. The van der Waals surface area contributed by atoms with Gasteiger partial charge in [0.1, 0.15) is 11.5 Å². The smallest absolute Gasteiger partial charge is 0.257 e. The predicted molar refractivity (Wildman–Crippen MR) is 144 cm³/mol. The van der Waals surface area contributed by atoms with Crippen LogP contribution in [-0.2, 0) is 7.05 Å². The maximum Gasteiger partial charge on any atom is 0.257 e. The number of hydrogen-bond acceptors (Lipinski definition) is 5. The Balaban J connectivity index is 1.24. The Kier molecular flexibility index (Phi) is 7.24. The van der Waals surface area contributed by atoms with Crippen LogP contribution in [0.5, 0.6) is 0 Å². The molecule has 0 bridgehead atoms. The second-order valence-electron chi connectivity index (χ2n) is 10.1. The maximum absolute atomic E-state index is 14.5. The van der Waals surface area contributed by atoms with Crippen molar-refractivity contribution >= 4 is 28.5 Å². The molecule has 1 saturated heterocycles. The first-order chi connectivity index (χ1) is 18.3. The van der Waals surface area contributed by atoms with E-state index in [4.69, 9.17) is 0 Å². The van der Waals surface area contributed by atoms with Crippen molar-refractivity contribution in [2.75, 3.05) is 25.0 Å². The van der Waals surface area contributed by atoms with Crippen LogP contribution in [-0.4, -0.2) is 62.1 Å². The number of carbonyl (C=O) groups is 2. The second-order valence-corrected chi connectivity index (χ2v) is 10.1. The van der Waals surface area contributed by atoms with Gasteiger partial charge in [0, 0.05) is 55.1 Å². The normalized spacial score (nSPS) is 15.9. The summed E-state index contributed by atoms with van der Waals surface area (Å²) >= 11 is 0. The van der Waals surface area contributed by atoms with Gasteiger partial charge in [-0.25, -0.2) is 9.37 Å². The van der Waals surface area contributed by atoms with Gasteiger partial charge in [0.05, 0.1) is 23.1 Å². The molecule has 0 aliphatic carbocycles. The van der Waals surface area contributed by atoms with E-state index in [1.54, 1.807) is 16.9 Å². The van der Waals surface area contributed by atoms with Gasteiger partial charge in [0.15, 0.2) is 0 Å². The number of fused-ring (bicyclic) bond motifs is 1. The van der Waals surface area contributed by atoms with Gasteiger partial charge in [0.2, 0.25) is 0 Å². The van der Waals surface area contributed by atoms with E-state index in [0.717, 1.165) is 29.7 Å². The van der Waals surface area contributed by atoms with Gasteiger partial charge in [0.25, 0.3) is 11.8 Å². The average Bonchev–Trinajstić information content (AvgIpc) is 3.64. The number of carbonyl (C=O) groups excluding carboxylic acids is 2. The molecule has 10 heteroatoms. The minimum atomic E-state index is -0.624. The summed E-state index contributed by atoms with van der Waals surface area (Å²) in [6.45, 7) is 6.77. The standard InChI is InChI=1S/C28H32FN7O2/c1-17(2)25-5-4-9-36(25)10-8-30-27(37)18-6-7-22(29)24(12-18)34-28(38)20-11-19-13-23(33-26(19)31-14-20)21-15-32-35(3)16-21/h6-7,11-17,25H,4-5,8-10H2,1-3H3,(H,30,37)(H,31,33)(H,34,38)/t25-/m1/s1. The van der Waals surface area contributed by atoms with E-state index in [2.05, 4.69) is 44.4 Å². The average molecular weight is 518 g/mol. The van der Waals surface area contributed by atoms with Crippen molar-refractivity contribution in [3.05, 3.63) is 65.9 Å². The minimum absolute atomic E-state index is 0.0627. The minimum Gasteiger partial charge on any atom is -0.351 e. The van der Waals surface area contributed by atoms with Crippen LogP contribution in [0.25, 0.3) is 22.3 Å². The summed E-state index contributed by atoms with van der Waals surface area (Å²) in [5.41, 5.74) is 2.84. The lowest BCUT2D eigenvalue weighted by Gasteiger charge is -2.27. The number of benzene rings is 1. The van der Waals surface area contributed by atoms with Crippen LogP contribution in [0.3, 0.4) is 0 Å². The number of nitrogens with zero attached hydrogens (tertiary/aromatic N) is 4. The molecule has 3 aromatic heterocycles. The Labute approximate surface area is 220 Å². The number of hydrogen-bond donors (Lipinski definition) is 3. The molecule has 1 atom stereocenters. The molecule has 3 N–H and O–H groups in total. The zero-order valence-corrected chi connectivity index (χ0v) is 21.8. The highest BCUT2D eigenvalue weighted by Crippen LogP contribution is 2.25. The Morgan fingerprint density at radius 1 is 1.16 bits per heavy atom. The molecule has 198 valence electrons. The molecular weight excluding hydrogens is 485 g/mol. The van der Waals surface area contributed by atoms with Gasteiger partial charge in [-0.15, -0.1) is 0 Å². The van der Waals surface area contributed by atoms with Crippen molar-refractivity contribution in [2.24, 2.45) is 13.0 Å². The summed E-state index contributed by atoms with van der Waals surface area (Å²) in [5.74, 6) is -0.873. The number of aromatic amines is 1. The molecule has 1 aliphatic heterocycles. The summed E-state index contributed by atoms with van der Waals surface area (Å²) in [6, 6.07) is 8.08. The molecule has 38 heavy (non-hydrogen) atoms. The summed E-state index contributed by atoms with van der Waals surface area (Å²) in [7, 11) is 1.83. The maximum atomic E-state index is 14.5. The number of aryl methyl sites for hydroxylation is 1. The van der Waals surface area contributed by atoms with Crippen molar-refractivity contribution in [2.45, 2.75) is 32.7 Å². The summed E-state index contributed by atoms with van der Waals surface area (Å²) in [5, 5.41) is 10.4. The first-order valence-electron chi connectivity index (χ1n) is 12.9. The van der Waals surface area contributed by atoms with Gasteiger partial charge in [-0.05, 0) is 55.6 Å². The lowest BCUT2D eigenvalue weighted by Crippen LogP contribution is -2.39. The lowest BCUT2D eigenvalue weighted by atomic mass is 10.0. The van der Waals surface area contributed by atoms with Crippen molar-refractivity contribution in [1.82, 2.24) is 30.0 Å². The Hall–Kier alpha value is -4.05. The van der Waals surface area contributed by atoms with Crippen LogP contribution in [0.15, 0.2) is 48.9 Å². The van der Waals surface area contributed by atoms with E-state index in [1.165, 1.54) is 37.2 Å². The van der Waals surface area contributed by atoms with Crippen LogP contribution in [0.4, 0.5) is 10.1 Å². The number of halogens is 1. The van der Waals surface area contributed by atoms with Crippen LogP contribution < -0.4 is 10.6 Å². The van der Waals surface area contributed by atoms with Gasteiger partial charge < -0.3 is 15.6 Å². The molecular formula is C28H32FN7O2. The number of pyridine rings is 1. The molecule has 5 rings (SSSR count). The second kappa shape index (κ2) is 10.7. The number of H-pyrrole nitrogens is 1. The molecule has 1 fully saturated rings. The van der Waals surface area contributed by atoms with Crippen LogP contribution in [0.1, 0.15) is 47.4 Å². The fraction of sp³-hybridized carbons (Fsp3) is 0.357. The lowest BCUT2D eigenvalue weighted by molar-refractivity contribution is 0.0943. The van der Waals surface area contributed by atoms with Gasteiger partial charge >= 0.3 is 0 Å². The van der Waals surface area contributed by atoms with Gasteiger partial charge in [-0.2, -0.15) is 5.10 Å². The largest absolute Gasteiger partial charge is 0.351 e. The third kappa shape index (κ3) is 5.45. The van der Waals surface area contributed by atoms with Crippen LogP contribution in [0, 0.1) is 11.7 Å². The molecule has 0 spiro atoms. The number of rotatable bonds is 8. The Morgan fingerprint density at radius 3 is 2.76 bits per heavy atom. The quantitative estimate of drug-likeness (QED) is 0.325. The molecule has 4 aromatic rings. The highest BCUT2D eigenvalue weighted by atomic mass is 19.1. The zero-order chi connectivity index (χ0) is 26.8. The fourth-order valence-electron chi connectivity index (χ4n) is 5.11. The molecule has 4 heterocycles. The topological polar surface area (TPSA) is 108 Å². The van der Waals surface area contributed by atoms with E-state index in [-0.39, 0.29) is 22.7 Å². The summed E-state index contributed by atoms with van der Waals surface area (Å²) in [6.07, 6.45) is 7.40. The molecule has 9 nitrogen and oxygen atoms in total. The number of likely N-dealkylation sites (tertiary alicyclic amines) is 1. The Morgan fingerprint density at radius 2 is 2.00 bits per heavy atom. The fourth-order valence-corrected chi connectivity index (χ4v) is 5.11. The third-order valence-corrected chi connectivity index (χ3v) is 7.09. The zero-order valence-electron chi connectivity index (χ0n) is 21.8. The van der Waals surface area contributed by atoms with Crippen molar-refractivity contribution in [3.63, 3.8) is 0 Å². The third-order valence-electron chi connectivity index (χ3n) is 7.09. The molecule has 0 unspecified atom stereocenters. The van der Waals surface area contributed by atoms with Crippen molar-refractivity contribution in [3.8, 4) is 11.3 Å². The molecule has 1 aromatic carbocycles. The number of nitrogens with one attached hydrogen (secondary N) is 3. The van der Waals surface area contributed by atoms with E-state index >= 15 is 0 Å². The van der Waals surface area contributed by atoms with Gasteiger partial charge in [-0.3, -0.25) is 19.2 Å². The highest BCUT2D eigenvalue weighted by molar-refractivity contribution is 6.06. The SMILES string of the molecule is CC(C)[C@H]1CCCN1CCNC(=O)c1ccc(F)c(NC(=O)c2cnc3[nH]c(-c4cnn(C)c4)cc3c2)c1. The molecule has 0 saturated carbocycles. The first kappa shape index (κ1) is 25.6. The van der Waals surface area contributed by atoms with Crippen LogP contribution >= 0.6 is 0 Å². The first-order valence-corrected chi connectivity index (χ1v) is 12.9. The summed E-state index contributed by atoms with van der Waals surface area (Å²) < 4.78 is 16.2. The number of aromatic nitrogens is 4.